The summed E-state index contributed by atoms with van der Waals surface area (Å²) in [7, 11) is 0. The molecule has 2 nitrogen and oxygen atoms in total. The molecule has 19 rings (SSSR count). The first-order valence-corrected chi connectivity index (χ1v) is 28.7. The summed E-state index contributed by atoms with van der Waals surface area (Å²) >= 11 is 0. The van der Waals surface area contributed by atoms with Gasteiger partial charge >= 0.3 is 0 Å². The highest BCUT2D eigenvalue weighted by molar-refractivity contribution is 5.96. The van der Waals surface area contributed by atoms with E-state index in [1.807, 2.05) is 0 Å². The summed E-state index contributed by atoms with van der Waals surface area (Å²) in [5.41, 5.74) is 24.6. The molecule has 10 bridgehead atoms. The summed E-state index contributed by atoms with van der Waals surface area (Å²) in [6, 6.07) is 71.4. The van der Waals surface area contributed by atoms with Crippen LogP contribution in [-0.2, 0) is 36.5 Å². The number of para-hydroxylation sites is 1. The number of aryl methyl sites for hydroxylation is 4. The van der Waals surface area contributed by atoms with Crippen molar-refractivity contribution in [1.29, 1.82) is 0 Å². The van der Waals surface area contributed by atoms with Gasteiger partial charge in [-0.2, -0.15) is 0 Å². The maximum atomic E-state index is 2.67. The lowest BCUT2D eigenvalue weighted by Crippen LogP contribution is -2.48. The summed E-state index contributed by atoms with van der Waals surface area (Å²) in [5, 5.41) is 0. The lowest BCUT2D eigenvalue weighted by molar-refractivity contribution is -0.00518. The number of fused-ring (bicyclic) bond motifs is 5. The Bertz CT molecular complexity index is 3380. The van der Waals surface area contributed by atoms with Crippen LogP contribution in [0.1, 0.15) is 128 Å². The second-order valence-electron chi connectivity index (χ2n) is 25.0. The number of nitrogens with zero attached hydrogens (tertiary/aromatic N) is 2. The molecule has 11 aliphatic rings. The quantitative estimate of drug-likeness (QED) is 0.142. The molecule has 0 radical (unpaired) electrons. The molecule has 74 heavy (non-hydrogen) atoms. The third-order valence-corrected chi connectivity index (χ3v) is 20.3. The van der Waals surface area contributed by atoms with Gasteiger partial charge in [0.25, 0.3) is 0 Å². The van der Waals surface area contributed by atoms with Crippen LogP contribution in [0.15, 0.2) is 182 Å². The number of hydrogen-bond donors (Lipinski definition) is 0. The normalized spacial score (nSPS) is 25.4. The molecular formula is C72H70N2. The topological polar surface area (TPSA) is 6.48 Å². The van der Waals surface area contributed by atoms with Gasteiger partial charge in [0.1, 0.15) is 0 Å². The maximum absolute atomic E-state index is 2.67. The van der Waals surface area contributed by atoms with E-state index in [1.165, 1.54) is 154 Å². The Morgan fingerprint density at radius 1 is 0.419 bits per heavy atom. The number of anilines is 6. The van der Waals surface area contributed by atoms with E-state index in [-0.39, 0.29) is 5.41 Å². The molecule has 0 spiro atoms. The summed E-state index contributed by atoms with van der Waals surface area (Å²) in [6.45, 7) is 4.88. The average Bonchev–Trinajstić information content (AvgIpc) is 4.15. The second kappa shape index (κ2) is 17.5. The maximum Gasteiger partial charge on any atom is 0.0496 e. The van der Waals surface area contributed by atoms with Crippen molar-refractivity contribution in [2.45, 2.75) is 120 Å². The van der Waals surface area contributed by atoms with Crippen LogP contribution in [0.5, 0.6) is 0 Å². The molecule has 0 N–H and O–H groups in total. The smallest absolute Gasteiger partial charge is 0.0496 e. The standard InChI is InChI=1S/C72H70N2/c1-71(2)66-16-10-9-15-63(66)70-65(53-11-5-3-6-12-53)42-62(43-67(70)71)74(61-33-29-58(30-34-61)72-44-50-35-51(45-72)37-52(36-50)46-72)69-41-48-18-23-55-22-17-47(19-24-56(69)25-20-48)40-68(55)73(59-13-7-4-8-14-59)60-31-27-54(28-32-60)64-39-49-21-26-57(64)38-49/h3-17,20,22,25,27-34,40-43,49-52,57,64H,18-19,21,23-24,26,35-39,44-46H2,1-2H3. The molecule has 0 aliphatic heterocycles. The molecule has 6 saturated carbocycles. The van der Waals surface area contributed by atoms with E-state index in [0.717, 1.165) is 61.2 Å². The molecule has 3 atom stereocenters. The molecule has 2 heteroatoms. The summed E-state index contributed by atoms with van der Waals surface area (Å²) in [6.07, 6.45) is 18.0. The van der Waals surface area contributed by atoms with E-state index in [0.29, 0.717) is 5.41 Å². The third-order valence-electron chi connectivity index (χ3n) is 20.3. The Kier molecular flexibility index (Phi) is 10.6. The minimum Gasteiger partial charge on any atom is -0.310 e. The first kappa shape index (κ1) is 44.8. The van der Waals surface area contributed by atoms with Crippen molar-refractivity contribution in [3.8, 4) is 22.3 Å². The molecule has 0 aromatic heterocycles. The Balaban J connectivity index is 0.843. The van der Waals surface area contributed by atoms with Crippen molar-refractivity contribution in [3.63, 3.8) is 0 Å². The zero-order chi connectivity index (χ0) is 49.1. The van der Waals surface area contributed by atoms with Crippen LogP contribution in [0, 0.1) is 29.6 Å². The molecule has 0 saturated heterocycles. The van der Waals surface area contributed by atoms with Crippen LogP contribution >= 0.6 is 0 Å². The highest BCUT2D eigenvalue weighted by atomic mass is 15.2. The SMILES string of the molecule is CC1(C)c2ccccc2-c2c(-c3ccccc3)cc(N(c3ccc(C45CC6CC(CC(C6)C4)C5)cc3)c3cc4ccc3CCc3ccc(c(N(c5ccccc5)c5ccc(C6CC7CCC6C7)cc5)c3)CC4)cc21. The van der Waals surface area contributed by atoms with Crippen molar-refractivity contribution in [2.24, 2.45) is 29.6 Å². The van der Waals surface area contributed by atoms with Crippen molar-refractivity contribution in [3.05, 3.63) is 226 Å². The van der Waals surface area contributed by atoms with E-state index in [1.54, 1.807) is 11.1 Å². The van der Waals surface area contributed by atoms with Gasteiger partial charge in [0.2, 0.25) is 0 Å². The van der Waals surface area contributed by atoms with E-state index in [2.05, 4.69) is 206 Å². The highest BCUT2D eigenvalue weighted by Gasteiger charge is 2.51. The molecule has 11 aliphatic carbocycles. The predicted molar refractivity (Wildman–Crippen MR) is 308 cm³/mol. The zero-order valence-corrected chi connectivity index (χ0v) is 43.6. The molecule has 368 valence electrons. The first-order chi connectivity index (χ1) is 36.3. The lowest BCUT2D eigenvalue weighted by Gasteiger charge is -2.57. The van der Waals surface area contributed by atoms with E-state index >= 15 is 0 Å². The first-order valence-electron chi connectivity index (χ1n) is 28.7. The fourth-order valence-corrected chi connectivity index (χ4v) is 17.1. The number of rotatable bonds is 9. The molecule has 0 heterocycles. The van der Waals surface area contributed by atoms with Crippen molar-refractivity contribution < 1.29 is 0 Å². The Morgan fingerprint density at radius 2 is 0.986 bits per heavy atom. The monoisotopic (exact) mass is 963 g/mol. The second-order valence-corrected chi connectivity index (χ2v) is 25.0. The lowest BCUT2D eigenvalue weighted by atomic mass is 9.48. The molecule has 6 fully saturated rings. The fourth-order valence-electron chi connectivity index (χ4n) is 17.1. The summed E-state index contributed by atoms with van der Waals surface area (Å²) < 4.78 is 0. The molecule has 8 aromatic rings. The van der Waals surface area contributed by atoms with Gasteiger partial charge in [0.05, 0.1) is 0 Å². The minimum absolute atomic E-state index is 0.157. The van der Waals surface area contributed by atoms with Gasteiger partial charge < -0.3 is 9.80 Å². The van der Waals surface area contributed by atoms with Crippen LogP contribution in [0.2, 0.25) is 0 Å². The van der Waals surface area contributed by atoms with E-state index in [4.69, 9.17) is 0 Å². The van der Waals surface area contributed by atoms with Crippen molar-refractivity contribution in [2.75, 3.05) is 9.80 Å². The molecule has 3 unspecified atom stereocenters. The van der Waals surface area contributed by atoms with Crippen LogP contribution in [0.3, 0.4) is 0 Å². The summed E-state index contributed by atoms with van der Waals surface area (Å²) in [5.74, 6) is 5.30. The Labute approximate surface area is 440 Å². The van der Waals surface area contributed by atoms with E-state index < -0.39 is 0 Å². The molecule has 0 amide bonds. The summed E-state index contributed by atoms with van der Waals surface area (Å²) in [4.78, 5) is 5.22. The largest absolute Gasteiger partial charge is 0.310 e. The minimum atomic E-state index is -0.157. The van der Waals surface area contributed by atoms with Gasteiger partial charge in [-0.25, -0.2) is 0 Å². The van der Waals surface area contributed by atoms with E-state index in [9.17, 15) is 0 Å². The van der Waals surface area contributed by atoms with Crippen LogP contribution in [0.25, 0.3) is 22.3 Å². The highest BCUT2D eigenvalue weighted by Crippen LogP contribution is 2.61. The van der Waals surface area contributed by atoms with Gasteiger partial charge in [0, 0.05) is 39.5 Å². The third kappa shape index (κ3) is 7.47. The Morgan fingerprint density at radius 3 is 1.59 bits per heavy atom. The number of benzene rings is 8. The van der Waals surface area contributed by atoms with Gasteiger partial charge in [-0.1, -0.05) is 142 Å². The molecular weight excluding hydrogens is 893 g/mol. The van der Waals surface area contributed by atoms with Crippen molar-refractivity contribution >= 4 is 34.1 Å². The number of hydrogen-bond acceptors (Lipinski definition) is 2. The zero-order valence-electron chi connectivity index (χ0n) is 43.6. The van der Waals surface area contributed by atoms with Crippen LogP contribution < -0.4 is 9.80 Å². The van der Waals surface area contributed by atoms with Crippen molar-refractivity contribution in [1.82, 2.24) is 0 Å². The van der Waals surface area contributed by atoms with Gasteiger partial charge in [-0.05, 0) is 252 Å². The Hall–Kier alpha value is -6.64. The average molecular weight is 963 g/mol. The van der Waals surface area contributed by atoms with Gasteiger partial charge in [-0.3, -0.25) is 0 Å². The fraction of sp³-hybridized carbons (Fsp3) is 0.333. The van der Waals surface area contributed by atoms with Gasteiger partial charge in [0.15, 0.2) is 0 Å². The molecule has 8 aromatic carbocycles. The van der Waals surface area contributed by atoms with Crippen LogP contribution in [-0.4, -0.2) is 0 Å². The predicted octanol–water partition coefficient (Wildman–Crippen LogP) is 18.9. The van der Waals surface area contributed by atoms with Crippen LogP contribution in [0.4, 0.5) is 34.1 Å². The van der Waals surface area contributed by atoms with Gasteiger partial charge in [-0.15, -0.1) is 0 Å².